The predicted octanol–water partition coefficient (Wildman–Crippen LogP) is 3.68. The van der Waals surface area contributed by atoms with E-state index in [1.54, 1.807) is 26.0 Å². The van der Waals surface area contributed by atoms with Gasteiger partial charge in [-0.25, -0.2) is 0 Å². The van der Waals surface area contributed by atoms with Gasteiger partial charge in [-0.05, 0) is 25.5 Å². The third-order valence-electron chi connectivity index (χ3n) is 4.08. The highest BCUT2D eigenvalue weighted by Crippen LogP contribution is 2.28. The van der Waals surface area contributed by atoms with Gasteiger partial charge in [0.25, 0.3) is 5.91 Å². The van der Waals surface area contributed by atoms with Gasteiger partial charge in [0, 0.05) is 19.5 Å². The lowest BCUT2D eigenvalue weighted by Crippen LogP contribution is -2.38. The Labute approximate surface area is 142 Å². The zero-order valence-electron chi connectivity index (χ0n) is 14.7. The van der Waals surface area contributed by atoms with E-state index in [1.165, 1.54) is 0 Å². The Morgan fingerprint density at radius 3 is 2.46 bits per heavy atom. The van der Waals surface area contributed by atoms with E-state index in [4.69, 9.17) is 4.74 Å². The molecular weight excluding hydrogens is 304 g/mol. The predicted molar refractivity (Wildman–Crippen MR) is 94.4 cm³/mol. The summed E-state index contributed by atoms with van der Waals surface area (Å²) in [6, 6.07) is 9.17. The van der Waals surface area contributed by atoms with Crippen LogP contribution in [0, 0.1) is 26.0 Å². The summed E-state index contributed by atoms with van der Waals surface area (Å²) in [6.07, 6.45) is 1.89. The first-order chi connectivity index (χ1) is 11.5. The van der Waals surface area contributed by atoms with Gasteiger partial charge >= 0.3 is 0 Å². The molecule has 1 aromatic carbocycles. The third-order valence-corrected chi connectivity index (χ3v) is 4.08. The second-order valence-corrected chi connectivity index (χ2v) is 5.82. The Balaban J connectivity index is 2.44. The number of rotatable bonds is 6. The molecule has 0 spiro atoms. The molecule has 0 unspecified atom stereocenters. The molecule has 5 nitrogen and oxygen atoms in total. The zero-order valence-corrected chi connectivity index (χ0v) is 14.7. The van der Waals surface area contributed by atoms with Crippen LogP contribution in [0.2, 0.25) is 0 Å². The number of unbranched alkanes of at least 4 members (excludes halogenated alkanes) is 1. The topological polar surface area (TPSA) is 65.3 Å². The van der Waals surface area contributed by atoms with Crippen molar-refractivity contribution in [1.82, 2.24) is 0 Å². The van der Waals surface area contributed by atoms with Gasteiger partial charge in [-0.3, -0.25) is 4.79 Å². The van der Waals surface area contributed by atoms with Crippen molar-refractivity contribution in [2.45, 2.75) is 40.5 Å². The van der Waals surface area contributed by atoms with Crippen LogP contribution in [-0.4, -0.2) is 12.5 Å². The van der Waals surface area contributed by atoms with Gasteiger partial charge < -0.3 is 15.3 Å². The molecule has 128 valence electrons. The number of hydrogen-bond donors (Lipinski definition) is 1. The molecule has 0 aliphatic rings. The summed E-state index contributed by atoms with van der Waals surface area (Å²) in [4.78, 5) is 12.8. The van der Waals surface area contributed by atoms with Crippen LogP contribution in [0.4, 0.5) is 5.69 Å². The summed E-state index contributed by atoms with van der Waals surface area (Å²) < 4.78 is 6.66. The maximum absolute atomic E-state index is 12.8. The molecule has 1 N–H and O–H groups in total. The summed E-state index contributed by atoms with van der Waals surface area (Å²) in [5.74, 6) is 0.164. The first kappa shape index (κ1) is 17.8. The molecular formula is C19H24N2O3. The molecule has 0 bridgehead atoms. The van der Waals surface area contributed by atoms with E-state index < -0.39 is 0 Å². The smallest absolute Gasteiger partial charge is 0.265 e. The summed E-state index contributed by atoms with van der Waals surface area (Å²) in [5.41, 5.74) is 2.57. The number of hydrogen-bond acceptors (Lipinski definition) is 3. The van der Waals surface area contributed by atoms with E-state index in [1.807, 2.05) is 25.1 Å². The summed E-state index contributed by atoms with van der Waals surface area (Å²) >= 11 is 0. The lowest BCUT2D eigenvalue weighted by atomic mass is 10.1. The number of pyridine rings is 1. The number of amides is 1. The molecule has 0 radical (unpaired) electrons. The van der Waals surface area contributed by atoms with E-state index in [0.29, 0.717) is 40.6 Å². The van der Waals surface area contributed by atoms with Crippen molar-refractivity contribution in [3.05, 3.63) is 58.1 Å². The standard InChI is InChI=1S/C19H24N2O3/c1-5-6-12-24-18-13(2)14(3)21(23)15(4)17(18)19(22)20-16-10-8-7-9-11-16/h7-11H,5-6,12H2,1-4H3,(H,20,22). The first-order valence-corrected chi connectivity index (χ1v) is 8.19. The molecule has 0 fully saturated rings. The lowest BCUT2D eigenvalue weighted by molar-refractivity contribution is -0.619. The Hall–Kier alpha value is -2.56. The van der Waals surface area contributed by atoms with Crippen LogP contribution in [0.1, 0.15) is 47.1 Å². The van der Waals surface area contributed by atoms with Crippen LogP contribution in [-0.2, 0) is 0 Å². The molecule has 2 rings (SSSR count). The fourth-order valence-corrected chi connectivity index (χ4v) is 2.50. The van der Waals surface area contributed by atoms with Crippen LogP contribution >= 0.6 is 0 Å². The van der Waals surface area contributed by atoms with Gasteiger partial charge in [0.05, 0.1) is 12.2 Å². The van der Waals surface area contributed by atoms with E-state index in [9.17, 15) is 10.0 Å². The van der Waals surface area contributed by atoms with Gasteiger partial charge in [0.1, 0.15) is 11.3 Å². The Bertz CT molecular complexity index is 727. The van der Waals surface area contributed by atoms with Gasteiger partial charge in [0.15, 0.2) is 5.69 Å². The van der Waals surface area contributed by atoms with Crippen LogP contribution < -0.4 is 14.8 Å². The van der Waals surface area contributed by atoms with Crippen molar-refractivity contribution in [3.63, 3.8) is 0 Å². The molecule has 0 aliphatic carbocycles. The number of ether oxygens (including phenoxy) is 1. The van der Waals surface area contributed by atoms with E-state index in [2.05, 4.69) is 12.2 Å². The monoisotopic (exact) mass is 328 g/mol. The fourth-order valence-electron chi connectivity index (χ4n) is 2.50. The van der Waals surface area contributed by atoms with Crippen LogP contribution in [0.5, 0.6) is 5.75 Å². The third kappa shape index (κ3) is 3.67. The molecule has 0 atom stereocenters. The minimum atomic E-state index is -0.335. The maximum Gasteiger partial charge on any atom is 0.265 e. The number of benzene rings is 1. The van der Waals surface area contributed by atoms with Crippen molar-refractivity contribution in [2.75, 3.05) is 11.9 Å². The number of nitrogens with one attached hydrogen (secondary N) is 1. The normalized spacial score (nSPS) is 10.5. The second-order valence-electron chi connectivity index (χ2n) is 5.82. The Morgan fingerprint density at radius 2 is 1.83 bits per heavy atom. The molecule has 1 aromatic heterocycles. The summed E-state index contributed by atoms with van der Waals surface area (Å²) in [7, 11) is 0. The number of aromatic nitrogens is 1. The van der Waals surface area contributed by atoms with Crippen molar-refractivity contribution >= 4 is 11.6 Å². The number of nitrogens with zero attached hydrogens (tertiary/aromatic N) is 1. The summed E-state index contributed by atoms with van der Waals surface area (Å²) in [5, 5.41) is 15.2. The van der Waals surface area contributed by atoms with Crippen LogP contribution in [0.3, 0.4) is 0 Å². The van der Waals surface area contributed by atoms with Gasteiger partial charge in [-0.2, -0.15) is 4.73 Å². The average Bonchev–Trinajstić information content (AvgIpc) is 2.58. The fraction of sp³-hybridized carbons (Fsp3) is 0.368. The van der Waals surface area contributed by atoms with Crippen molar-refractivity contribution in [3.8, 4) is 5.75 Å². The molecule has 24 heavy (non-hydrogen) atoms. The molecule has 5 heteroatoms. The Kier molecular flexibility index (Phi) is 5.79. The van der Waals surface area contributed by atoms with E-state index in [-0.39, 0.29) is 5.91 Å². The number of para-hydroxylation sites is 1. The van der Waals surface area contributed by atoms with Gasteiger partial charge in [-0.15, -0.1) is 0 Å². The van der Waals surface area contributed by atoms with Crippen LogP contribution in [0.15, 0.2) is 30.3 Å². The number of carbonyl (C=O) groups excluding carboxylic acids is 1. The van der Waals surface area contributed by atoms with Crippen LogP contribution in [0.25, 0.3) is 0 Å². The van der Waals surface area contributed by atoms with Crippen molar-refractivity contribution in [2.24, 2.45) is 0 Å². The highest BCUT2D eigenvalue weighted by atomic mass is 16.5. The molecule has 0 saturated heterocycles. The number of carbonyl (C=O) groups is 1. The minimum absolute atomic E-state index is 0.299. The molecule has 0 saturated carbocycles. The Morgan fingerprint density at radius 1 is 1.17 bits per heavy atom. The van der Waals surface area contributed by atoms with E-state index in [0.717, 1.165) is 17.6 Å². The lowest BCUT2D eigenvalue weighted by Gasteiger charge is -2.18. The maximum atomic E-state index is 12.8. The molecule has 1 heterocycles. The van der Waals surface area contributed by atoms with Crippen molar-refractivity contribution in [1.29, 1.82) is 0 Å². The van der Waals surface area contributed by atoms with Gasteiger partial charge in [0.2, 0.25) is 5.69 Å². The summed E-state index contributed by atoms with van der Waals surface area (Å²) in [6.45, 7) is 7.79. The van der Waals surface area contributed by atoms with E-state index >= 15 is 0 Å². The van der Waals surface area contributed by atoms with Gasteiger partial charge in [-0.1, -0.05) is 31.5 Å². The highest BCUT2D eigenvalue weighted by Gasteiger charge is 2.27. The minimum Gasteiger partial charge on any atom is -0.618 e. The molecule has 2 aromatic rings. The quantitative estimate of drug-likeness (QED) is 0.500. The van der Waals surface area contributed by atoms with Crippen molar-refractivity contribution < 1.29 is 14.3 Å². The molecule has 1 amide bonds. The average molecular weight is 328 g/mol. The largest absolute Gasteiger partial charge is 0.618 e. The highest BCUT2D eigenvalue weighted by molar-refractivity contribution is 6.07. The zero-order chi connectivity index (χ0) is 17.7. The number of anilines is 1. The second kappa shape index (κ2) is 7.81. The SMILES string of the molecule is CCCCOc1c(C)c(C)[n+]([O-])c(C)c1C(=O)Nc1ccccc1. The first-order valence-electron chi connectivity index (χ1n) is 8.19. The molecule has 0 aliphatic heterocycles.